The number of nitrogens with zero attached hydrogens (tertiary/aromatic N) is 3. The number of hydrogen-bond donors (Lipinski definition) is 1. The molecule has 0 aromatic heterocycles. The minimum atomic E-state index is 0. The Labute approximate surface area is 124 Å². The highest BCUT2D eigenvalue weighted by molar-refractivity contribution is 5.43. The van der Waals surface area contributed by atoms with Gasteiger partial charge in [-0.15, -0.1) is 0 Å². The zero-order chi connectivity index (χ0) is 14.6. The lowest BCUT2D eigenvalue weighted by Gasteiger charge is -2.19. The zero-order valence-electron chi connectivity index (χ0n) is 13.1. The fraction of sp³-hybridized carbons (Fsp3) is 0.625. The average Bonchev–Trinajstić information content (AvgIpc) is 2.22. The molecule has 0 aliphatic carbocycles. The Kier molecular flexibility index (Phi) is 7.79. The summed E-state index contributed by atoms with van der Waals surface area (Å²) in [6.45, 7) is 2.40. The monoisotopic (exact) mass is 281 g/mol. The fourth-order valence-electron chi connectivity index (χ4n) is 2.21. The maximum Gasteiger partial charge on any atom is 0.124 e. The van der Waals surface area contributed by atoms with Crippen molar-refractivity contribution in [1.82, 2.24) is 14.7 Å². The van der Waals surface area contributed by atoms with Crippen LogP contribution in [-0.2, 0) is 19.6 Å². The minimum Gasteiger partial charge on any atom is -0.507 e. The van der Waals surface area contributed by atoms with Crippen LogP contribution in [0.4, 0.5) is 0 Å². The number of phenols is 1. The first kappa shape index (κ1) is 18.9. The summed E-state index contributed by atoms with van der Waals surface area (Å²) in [6, 6.07) is 4.21. The Bertz CT molecular complexity index is 383. The molecule has 0 unspecified atom stereocenters. The van der Waals surface area contributed by atoms with Crippen molar-refractivity contribution in [2.45, 2.75) is 27.1 Å². The predicted octanol–water partition coefficient (Wildman–Crippen LogP) is 2.21. The van der Waals surface area contributed by atoms with Gasteiger partial charge in [0.05, 0.1) is 0 Å². The van der Waals surface area contributed by atoms with Gasteiger partial charge in [0, 0.05) is 30.8 Å². The zero-order valence-corrected chi connectivity index (χ0v) is 13.1. The molecule has 0 atom stereocenters. The molecule has 1 aromatic rings. The van der Waals surface area contributed by atoms with Crippen LogP contribution < -0.4 is 0 Å². The van der Waals surface area contributed by atoms with E-state index in [2.05, 4.69) is 40.9 Å². The van der Waals surface area contributed by atoms with Gasteiger partial charge in [-0.2, -0.15) is 0 Å². The second-order valence-electron chi connectivity index (χ2n) is 5.98. The van der Waals surface area contributed by atoms with E-state index in [0.717, 1.165) is 30.8 Å². The molecule has 0 heterocycles. The number of hydrogen-bond acceptors (Lipinski definition) is 4. The molecule has 4 nitrogen and oxygen atoms in total. The Morgan fingerprint density at radius 3 is 1.40 bits per heavy atom. The molecule has 0 amide bonds. The van der Waals surface area contributed by atoms with Crippen molar-refractivity contribution in [3.8, 4) is 5.75 Å². The molecule has 0 saturated carbocycles. The van der Waals surface area contributed by atoms with Crippen molar-refractivity contribution in [3.63, 3.8) is 0 Å². The van der Waals surface area contributed by atoms with Crippen molar-refractivity contribution in [2.24, 2.45) is 0 Å². The number of rotatable bonds is 6. The largest absolute Gasteiger partial charge is 0.507 e. The van der Waals surface area contributed by atoms with Crippen molar-refractivity contribution in [2.75, 3.05) is 42.3 Å². The molecule has 0 bridgehead atoms. The van der Waals surface area contributed by atoms with Crippen molar-refractivity contribution in [3.05, 3.63) is 28.8 Å². The molecule has 0 aliphatic heterocycles. The third-order valence-electron chi connectivity index (χ3n) is 2.80. The van der Waals surface area contributed by atoms with E-state index < -0.39 is 0 Å². The maximum absolute atomic E-state index is 10.4. The van der Waals surface area contributed by atoms with E-state index in [1.807, 2.05) is 28.2 Å². The summed E-state index contributed by atoms with van der Waals surface area (Å²) < 4.78 is 0. The molecular weight excluding hydrogens is 250 g/mol. The highest BCUT2D eigenvalue weighted by Crippen LogP contribution is 2.27. The topological polar surface area (TPSA) is 30.0 Å². The van der Waals surface area contributed by atoms with Gasteiger partial charge in [-0.3, -0.25) is 0 Å². The number of phenolic OH excluding ortho intramolecular Hbond substituents is 1. The minimum absolute atomic E-state index is 0. The van der Waals surface area contributed by atoms with Gasteiger partial charge < -0.3 is 19.8 Å². The first-order valence-electron chi connectivity index (χ1n) is 6.57. The smallest absolute Gasteiger partial charge is 0.124 e. The van der Waals surface area contributed by atoms with Crippen LogP contribution in [-0.4, -0.2) is 62.1 Å². The molecule has 1 rings (SSSR count). The summed E-state index contributed by atoms with van der Waals surface area (Å²) in [5.74, 6) is 0.435. The van der Waals surface area contributed by atoms with E-state index in [1.54, 1.807) is 0 Å². The molecule has 0 fully saturated rings. The van der Waals surface area contributed by atoms with Crippen LogP contribution >= 0.6 is 0 Å². The van der Waals surface area contributed by atoms with Gasteiger partial charge in [-0.1, -0.05) is 7.43 Å². The van der Waals surface area contributed by atoms with Crippen molar-refractivity contribution < 1.29 is 5.11 Å². The van der Waals surface area contributed by atoms with E-state index in [1.165, 1.54) is 5.56 Å². The molecule has 0 spiro atoms. The number of aromatic hydroxyl groups is 1. The van der Waals surface area contributed by atoms with Crippen LogP contribution in [0, 0.1) is 0 Å². The van der Waals surface area contributed by atoms with Crippen LogP contribution in [0.1, 0.15) is 24.1 Å². The molecule has 0 radical (unpaired) electrons. The molecular formula is C16H31N3O. The molecule has 0 saturated heterocycles. The van der Waals surface area contributed by atoms with E-state index >= 15 is 0 Å². The van der Waals surface area contributed by atoms with Gasteiger partial charge in [0.2, 0.25) is 0 Å². The molecule has 1 N–H and O–H groups in total. The Hall–Kier alpha value is -1.10. The van der Waals surface area contributed by atoms with Crippen LogP contribution in [0.5, 0.6) is 5.75 Å². The van der Waals surface area contributed by atoms with Crippen molar-refractivity contribution in [1.29, 1.82) is 0 Å². The molecule has 4 heteroatoms. The maximum atomic E-state index is 10.4. The van der Waals surface area contributed by atoms with Gasteiger partial charge in [-0.05, 0) is 60.0 Å². The summed E-state index contributed by atoms with van der Waals surface area (Å²) in [6.07, 6.45) is 0. The lowest BCUT2D eigenvalue weighted by Crippen LogP contribution is -2.16. The van der Waals surface area contributed by atoms with Crippen LogP contribution in [0.25, 0.3) is 0 Å². The van der Waals surface area contributed by atoms with Crippen LogP contribution in [0.2, 0.25) is 0 Å². The SMILES string of the molecule is C.CN(C)Cc1cc(CN(C)C)c(O)c(CN(C)C)c1. The van der Waals surface area contributed by atoms with Crippen LogP contribution in [0.3, 0.4) is 0 Å². The highest BCUT2D eigenvalue weighted by atomic mass is 16.3. The first-order chi connectivity index (χ1) is 8.79. The summed E-state index contributed by atoms with van der Waals surface area (Å²) >= 11 is 0. The van der Waals surface area contributed by atoms with Gasteiger partial charge in [0.1, 0.15) is 5.75 Å². The molecule has 1 aromatic carbocycles. The second kappa shape index (κ2) is 8.25. The molecule has 20 heavy (non-hydrogen) atoms. The van der Waals surface area contributed by atoms with Gasteiger partial charge in [0.15, 0.2) is 0 Å². The predicted molar refractivity (Wildman–Crippen MR) is 87.0 cm³/mol. The van der Waals surface area contributed by atoms with Crippen molar-refractivity contribution >= 4 is 0 Å². The molecule has 116 valence electrons. The lowest BCUT2D eigenvalue weighted by atomic mass is 10.0. The van der Waals surface area contributed by atoms with Gasteiger partial charge in [0.25, 0.3) is 0 Å². The van der Waals surface area contributed by atoms with E-state index in [-0.39, 0.29) is 7.43 Å². The van der Waals surface area contributed by atoms with Crippen LogP contribution in [0.15, 0.2) is 12.1 Å². The second-order valence-corrected chi connectivity index (χ2v) is 5.98. The summed E-state index contributed by atoms with van der Waals surface area (Å²) in [7, 11) is 12.2. The average molecular weight is 281 g/mol. The van der Waals surface area contributed by atoms with E-state index in [9.17, 15) is 5.11 Å². The number of benzene rings is 1. The lowest BCUT2D eigenvalue weighted by molar-refractivity contribution is 0.365. The third kappa shape index (κ3) is 5.90. The van der Waals surface area contributed by atoms with E-state index in [0.29, 0.717) is 5.75 Å². The Morgan fingerprint density at radius 1 is 0.750 bits per heavy atom. The Morgan fingerprint density at radius 2 is 1.10 bits per heavy atom. The summed E-state index contributed by atoms with van der Waals surface area (Å²) in [5.41, 5.74) is 3.25. The normalized spacial score (nSPS) is 11.2. The van der Waals surface area contributed by atoms with E-state index in [4.69, 9.17) is 0 Å². The summed E-state index contributed by atoms with van der Waals surface area (Å²) in [4.78, 5) is 6.30. The Balaban J connectivity index is 0.00000361. The first-order valence-corrected chi connectivity index (χ1v) is 6.57. The quantitative estimate of drug-likeness (QED) is 0.866. The fourth-order valence-corrected chi connectivity index (χ4v) is 2.21. The third-order valence-corrected chi connectivity index (χ3v) is 2.80. The standard InChI is InChI=1S/C15H27N3O.CH4/c1-16(2)9-12-7-13(10-17(3)4)15(19)14(8-12)11-18(5)6;/h7-8,19H,9-11H2,1-6H3;1H4. The van der Waals surface area contributed by atoms with Gasteiger partial charge >= 0.3 is 0 Å². The highest BCUT2D eigenvalue weighted by Gasteiger charge is 2.12. The molecule has 0 aliphatic rings. The summed E-state index contributed by atoms with van der Waals surface area (Å²) in [5, 5.41) is 10.4. The van der Waals surface area contributed by atoms with Gasteiger partial charge in [-0.25, -0.2) is 0 Å².